The normalized spacial score (nSPS) is 10.1. The number of ether oxygens (including phenoxy) is 4. The first-order chi connectivity index (χ1) is 14.8. The first kappa shape index (κ1) is 23.3. The molecule has 11 nitrogen and oxygen atoms in total. The molecular weight excluding hydrogens is 410 g/mol. The van der Waals surface area contributed by atoms with Crippen molar-refractivity contribution in [2.75, 3.05) is 40.3 Å². The monoisotopic (exact) mass is 433 g/mol. The average Bonchev–Trinajstić information content (AvgIpc) is 2.75. The number of amides is 2. The van der Waals surface area contributed by atoms with Crippen molar-refractivity contribution in [3.8, 4) is 23.0 Å². The molecule has 2 aromatic carbocycles. The molecule has 2 aromatic rings. The van der Waals surface area contributed by atoms with Gasteiger partial charge in [0.1, 0.15) is 11.3 Å². The number of aryl methyl sites for hydroxylation is 1. The molecule has 0 saturated carbocycles. The maximum absolute atomic E-state index is 12.7. The standard InChI is InChI=1S/C20H23N3O8/c1-11-6-7-14(28-2)13(8-11)22-16(24)10-21-20(25)12-9-15(29-3)18(30-4)19(31-5)17(12)23(26)27/h6-9H,10H2,1-5H3,(H,21,25)(H,22,24). The molecule has 166 valence electrons. The van der Waals surface area contributed by atoms with Gasteiger partial charge in [0, 0.05) is 6.07 Å². The van der Waals surface area contributed by atoms with Crippen molar-refractivity contribution in [3.05, 3.63) is 45.5 Å². The van der Waals surface area contributed by atoms with Crippen LogP contribution in [0.25, 0.3) is 0 Å². The van der Waals surface area contributed by atoms with Crippen LogP contribution < -0.4 is 29.6 Å². The molecule has 2 rings (SSSR count). The number of carbonyl (C=O) groups excluding carboxylic acids is 2. The summed E-state index contributed by atoms with van der Waals surface area (Å²) >= 11 is 0. The minimum absolute atomic E-state index is 0.0301. The lowest BCUT2D eigenvalue weighted by Crippen LogP contribution is -2.33. The molecular formula is C20H23N3O8. The molecule has 0 aliphatic carbocycles. The Morgan fingerprint density at radius 3 is 2.16 bits per heavy atom. The molecule has 0 atom stereocenters. The van der Waals surface area contributed by atoms with E-state index in [4.69, 9.17) is 18.9 Å². The number of rotatable bonds is 9. The highest BCUT2D eigenvalue weighted by molar-refractivity contribution is 6.03. The Bertz CT molecular complexity index is 1010. The number of nitro groups is 1. The van der Waals surface area contributed by atoms with Gasteiger partial charge in [-0.2, -0.15) is 0 Å². The lowest BCUT2D eigenvalue weighted by atomic mass is 10.1. The molecule has 2 amide bonds. The van der Waals surface area contributed by atoms with Crippen molar-refractivity contribution < 1.29 is 33.5 Å². The molecule has 0 heterocycles. The van der Waals surface area contributed by atoms with Crippen LogP contribution in [0.5, 0.6) is 23.0 Å². The third-order valence-electron chi connectivity index (χ3n) is 4.27. The zero-order chi connectivity index (χ0) is 23.1. The van der Waals surface area contributed by atoms with Gasteiger partial charge in [-0.25, -0.2) is 0 Å². The number of hydrogen-bond donors (Lipinski definition) is 2. The van der Waals surface area contributed by atoms with Gasteiger partial charge in [-0.05, 0) is 24.6 Å². The molecule has 11 heteroatoms. The highest BCUT2D eigenvalue weighted by Gasteiger charge is 2.32. The van der Waals surface area contributed by atoms with Gasteiger partial charge in [-0.15, -0.1) is 0 Å². The van der Waals surface area contributed by atoms with E-state index in [2.05, 4.69) is 10.6 Å². The number of nitrogens with one attached hydrogen (secondary N) is 2. The molecule has 0 aliphatic heterocycles. The van der Waals surface area contributed by atoms with E-state index in [-0.39, 0.29) is 22.8 Å². The maximum atomic E-state index is 12.7. The van der Waals surface area contributed by atoms with Crippen LogP contribution in [0.1, 0.15) is 15.9 Å². The molecule has 0 unspecified atom stereocenters. The molecule has 0 aliphatic rings. The third kappa shape index (κ3) is 5.13. The summed E-state index contributed by atoms with van der Waals surface area (Å²) < 4.78 is 20.5. The first-order valence-electron chi connectivity index (χ1n) is 8.97. The fraction of sp³-hybridized carbons (Fsp3) is 0.300. The van der Waals surface area contributed by atoms with E-state index in [1.165, 1.54) is 28.4 Å². The van der Waals surface area contributed by atoms with Gasteiger partial charge in [0.05, 0.1) is 45.6 Å². The van der Waals surface area contributed by atoms with Crippen LogP contribution in [0, 0.1) is 17.0 Å². The van der Waals surface area contributed by atoms with E-state index in [0.29, 0.717) is 11.4 Å². The SMILES string of the molecule is COc1ccc(C)cc1NC(=O)CNC(=O)c1cc(OC)c(OC)c(OC)c1[N+](=O)[O-]. The largest absolute Gasteiger partial charge is 0.495 e. The van der Waals surface area contributed by atoms with Gasteiger partial charge < -0.3 is 29.6 Å². The Labute approximate surface area is 178 Å². The van der Waals surface area contributed by atoms with E-state index in [9.17, 15) is 19.7 Å². The molecule has 31 heavy (non-hydrogen) atoms. The predicted molar refractivity (Wildman–Crippen MR) is 111 cm³/mol. The van der Waals surface area contributed by atoms with E-state index in [0.717, 1.165) is 11.6 Å². The van der Waals surface area contributed by atoms with Crippen LogP contribution in [0.15, 0.2) is 24.3 Å². The van der Waals surface area contributed by atoms with Crippen molar-refractivity contribution in [2.24, 2.45) is 0 Å². The summed E-state index contributed by atoms with van der Waals surface area (Å²) in [6.45, 7) is 1.41. The molecule has 0 aromatic heterocycles. The highest BCUT2D eigenvalue weighted by Crippen LogP contribution is 2.46. The van der Waals surface area contributed by atoms with Gasteiger partial charge in [0.15, 0.2) is 5.75 Å². The van der Waals surface area contributed by atoms with Crippen molar-refractivity contribution in [1.82, 2.24) is 5.32 Å². The number of methoxy groups -OCH3 is 4. The van der Waals surface area contributed by atoms with Gasteiger partial charge in [0.25, 0.3) is 5.91 Å². The second-order valence-corrected chi connectivity index (χ2v) is 6.23. The zero-order valence-corrected chi connectivity index (χ0v) is 17.7. The van der Waals surface area contributed by atoms with Crippen molar-refractivity contribution in [2.45, 2.75) is 6.92 Å². The van der Waals surface area contributed by atoms with E-state index in [1.807, 2.05) is 13.0 Å². The van der Waals surface area contributed by atoms with Crippen molar-refractivity contribution in [3.63, 3.8) is 0 Å². The fourth-order valence-corrected chi connectivity index (χ4v) is 2.87. The summed E-state index contributed by atoms with van der Waals surface area (Å²) in [5, 5.41) is 16.6. The van der Waals surface area contributed by atoms with Crippen LogP contribution in [-0.4, -0.2) is 51.7 Å². The Balaban J connectivity index is 2.26. The summed E-state index contributed by atoms with van der Waals surface area (Å²) in [7, 11) is 5.27. The average molecular weight is 433 g/mol. The van der Waals surface area contributed by atoms with Crippen molar-refractivity contribution >= 4 is 23.2 Å². The smallest absolute Gasteiger partial charge is 0.327 e. The summed E-state index contributed by atoms with van der Waals surface area (Å²) in [5.74, 6) is -1.21. The van der Waals surface area contributed by atoms with Gasteiger partial charge in [-0.1, -0.05) is 6.07 Å². The van der Waals surface area contributed by atoms with Crippen LogP contribution in [-0.2, 0) is 4.79 Å². The maximum Gasteiger partial charge on any atom is 0.327 e. The summed E-state index contributed by atoms with van der Waals surface area (Å²) in [6, 6.07) is 6.38. The van der Waals surface area contributed by atoms with Gasteiger partial charge >= 0.3 is 5.69 Å². The van der Waals surface area contributed by atoms with E-state index < -0.39 is 29.0 Å². The number of benzene rings is 2. The summed E-state index contributed by atoms with van der Waals surface area (Å²) in [4.78, 5) is 35.8. The highest BCUT2D eigenvalue weighted by atomic mass is 16.6. The fourth-order valence-electron chi connectivity index (χ4n) is 2.87. The van der Waals surface area contributed by atoms with Crippen LogP contribution in [0.2, 0.25) is 0 Å². The number of nitrogens with zero attached hydrogens (tertiary/aromatic N) is 1. The minimum Gasteiger partial charge on any atom is -0.495 e. The van der Waals surface area contributed by atoms with E-state index in [1.54, 1.807) is 12.1 Å². The molecule has 0 spiro atoms. The lowest BCUT2D eigenvalue weighted by molar-refractivity contribution is -0.386. The lowest BCUT2D eigenvalue weighted by Gasteiger charge is -2.15. The van der Waals surface area contributed by atoms with Gasteiger partial charge in [-0.3, -0.25) is 19.7 Å². The minimum atomic E-state index is -0.864. The van der Waals surface area contributed by atoms with E-state index >= 15 is 0 Å². The van der Waals surface area contributed by atoms with Crippen LogP contribution >= 0.6 is 0 Å². The first-order valence-corrected chi connectivity index (χ1v) is 8.97. The number of anilines is 1. The Hall–Kier alpha value is -4.02. The number of hydrogen-bond acceptors (Lipinski definition) is 8. The molecule has 0 saturated heterocycles. The molecule has 0 bridgehead atoms. The Morgan fingerprint density at radius 2 is 1.61 bits per heavy atom. The Morgan fingerprint density at radius 1 is 0.968 bits per heavy atom. The van der Waals surface area contributed by atoms with Gasteiger partial charge in [0.2, 0.25) is 17.4 Å². The van der Waals surface area contributed by atoms with Crippen molar-refractivity contribution in [1.29, 1.82) is 0 Å². The van der Waals surface area contributed by atoms with Crippen LogP contribution in [0.3, 0.4) is 0 Å². The number of carbonyl (C=O) groups is 2. The summed E-state index contributed by atoms with van der Waals surface area (Å²) in [5.41, 5.74) is 0.368. The second kappa shape index (κ2) is 10.1. The molecule has 0 fully saturated rings. The third-order valence-corrected chi connectivity index (χ3v) is 4.27. The molecule has 0 radical (unpaired) electrons. The van der Waals surface area contributed by atoms with Crippen LogP contribution in [0.4, 0.5) is 11.4 Å². The second-order valence-electron chi connectivity index (χ2n) is 6.23. The quantitative estimate of drug-likeness (QED) is 0.454. The zero-order valence-electron chi connectivity index (χ0n) is 17.7. The molecule has 2 N–H and O–H groups in total. The Kier molecular flexibility index (Phi) is 7.61. The number of nitro benzene ring substituents is 1. The summed E-state index contributed by atoms with van der Waals surface area (Å²) in [6.07, 6.45) is 0. The predicted octanol–water partition coefficient (Wildman–Crippen LogP) is 2.31. The topological polar surface area (TPSA) is 138 Å².